The van der Waals surface area contributed by atoms with Crippen molar-refractivity contribution in [2.45, 2.75) is 50.1 Å². The Kier molecular flexibility index (Phi) is 4.24. The van der Waals surface area contributed by atoms with E-state index in [1.54, 1.807) is 7.05 Å². The highest BCUT2D eigenvalue weighted by Gasteiger charge is 2.37. The Morgan fingerprint density at radius 3 is 2.74 bits per heavy atom. The van der Waals surface area contributed by atoms with E-state index in [1.807, 2.05) is 13.8 Å². The lowest BCUT2D eigenvalue weighted by Gasteiger charge is -2.33. The number of hydrogen-bond acceptors (Lipinski definition) is 5. The summed E-state index contributed by atoms with van der Waals surface area (Å²) in [5.41, 5.74) is 0. The highest BCUT2D eigenvalue weighted by atomic mass is 32.2. The molecule has 0 bridgehead atoms. The molecule has 0 saturated carbocycles. The van der Waals surface area contributed by atoms with E-state index in [0.717, 1.165) is 19.3 Å². The van der Waals surface area contributed by atoms with E-state index in [4.69, 9.17) is 0 Å². The van der Waals surface area contributed by atoms with Crippen molar-refractivity contribution in [3.63, 3.8) is 0 Å². The summed E-state index contributed by atoms with van der Waals surface area (Å²) in [4.78, 5) is 4.51. The Bertz CT molecular complexity index is 779. The minimum Gasteiger partial charge on any atom is -0.262 e. The summed E-state index contributed by atoms with van der Waals surface area (Å²) in [6.45, 7) is 4.51. The Labute approximate surface area is 136 Å². The second kappa shape index (κ2) is 6.04. The average molecular weight is 338 g/mol. The predicted molar refractivity (Wildman–Crippen MR) is 84.2 cm³/mol. The van der Waals surface area contributed by atoms with Gasteiger partial charge in [-0.2, -0.15) is 14.5 Å². The van der Waals surface area contributed by atoms with Gasteiger partial charge in [0, 0.05) is 19.5 Å². The highest BCUT2D eigenvalue weighted by molar-refractivity contribution is 7.89. The van der Waals surface area contributed by atoms with Crippen LogP contribution in [0.2, 0.25) is 0 Å². The van der Waals surface area contributed by atoms with Crippen LogP contribution >= 0.6 is 0 Å². The molecule has 0 spiro atoms. The normalized spacial score (nSPS) is 20.3. The zero-order valence-electron chi connectivity index (χ0n) is 13.6. The predicted octanol–water partition coefficient (Wildman–Crippen LogP) is 1.58. The number of aromatic amines is 1. The van der Waals surface area contributed by atoms with Crippen molar-refractivity contribution < 1.29 is 8.42 Å². The minimum atomic E-state index is -3.61. The fraction of sp³-hybridized carbons (Fsp3) is 0.643. The van der Waals surface area contributed by atoms with E-state index >= 15 is 0 Å². The average Bonchev–Trinajstić information content (AvgIpc) is 3.16. The van der Waals surface area contributed by atoms with Crippen LogP contribution in [0.5, 0.6) is 0 Å². The molecule has 1 atom stereocenters. The first-order valence-corrected chi connectivity index (χ1v) is 9.27. The second-order valence-corrected chi connectivity index (χ2v) is 7.99. The Morgan fingerprint density at radius 1 is 1.35 bits per heavy atom. The lowest BCUT2D eigenvalue weighted by molar-refractivity contribution is 0.245. The summed E-state index contributed by atoms with van der Waals surface area (Å²) in [6.07, 6.45) is 4.06. The standard InChI is InChI=1S/C14H22N6O2S/c1-10(2)13-16-14(18-17-13)11-6-4-5-9-20(11)23(21,22)12-7-8-15-19(12)3/h7-8,10-11H,4-6,9H2,1-3H3,(H,16,17,18). The molecule has 0 radical (unpaired) electrons. The molecular weight excluding hydrogens is 316 g/mol. The van der Waals surface area contributed by atoms with Crippen LogP contribution in [0.15, 0.2) is 17.3 Å². The van der Waals surface area contributed by atoms with Crippen molar-refractivity contribution in [3.05, 3.63) is 23.9 Å². The SMILES string of the molecule is CC(C)c1n[nH]c(C2CCCCN2S(=O)(=O)c2ccnn2C)n1. The number of nitrogens with zero attached hydrogens (tertiary/aromatic N) is 5. The van der Waals surface area contributed by atoms with E-state index in [1.165, 1.54) is 21.3 Å². The van der Waals surface area contributed by atoms with Crippen molar-refractivity contribution in [2.75, 3.05) is 6.54 Å². The molecule has 2 aromatic rings. The van der Waals surface area contributed by atoms with Crippen molar-refractivity contribution in [1.29, 1.82) is 0 Å². The Balaban J connectivity index is 1.97. The van der Waals surface area contributed by atoms with Gasteiger partial charge in [0.25, 0.3) is 10.0 Å². The monoisotopic (exact) mass is 338 g/mol. The lowest BCUT2D eigenvalue weighted by Crippen LogP contribution is -2.39. The molecule has 1 saturated heterocycles. The van der Waals surface area contributed by atoms with Gasteiger partial charge in [-0.3, -0.25) is 9.78 Å². The third-order valence-electron chi connectivity index (χ3n) is 4.15. The van der Waals surface area contributed by atoms with Crippen LogP contribution in [-0.4, -0.2) is 44.2 Å². The van der Waals surface area contributed by atoms with E-state index in [9.17, 15) is 8.42 Å². The first kappa shape index (κ1) is 16.1. The van der Waals surface area contributed by atoms with Crippen LogP contribution in [0.4, 0.5) is 0 Å². The molecule has 1 aliphatic heterocycles. The molecule has 3 rings (SSSR count). The zero-order chi connectivity index (χ0) is 16.6. The van der Waals surface area contributed by atoms with Gasteiger partial charge >= 0.3 is 0 Å². The van der Waals surface area contributed by atoms with Gasteiger partial charge in [-0.15, -0.1) is 0 Å². The van der Waals surface area contributed by atoms with Crippen LogP contribution in [0.25, 0.3) is 0 Å². The molecule has 1 fully saturated rings. The number of H-pyrrole nitrogens is 1. The maximum Gasteiger partial charge on any atom is 0.260 e. The lowest BCUT2D eigenvalue weighted by atomic mass is 10.0. The third kappa shape index (κ3) is 2.90. The van der Waals surface area contributed by atoms with Gasteiger partial charge < -0.3 is 0 Å². The van der Waals surface area contributed by atoms with Crippen LogP contribution < -0.4 is 0 Å². The Hall–Kier alpha value is -1.74. The minimum absolute atomic E-state index is 0.200. The third-order valence-corrected chi connectivity index (χ3v) is 6.14. The molecule has 8 nitrogen and oxygen atoms in total. The summed E-state index contributed by atoms with van der Waals surface area (Å²) in [5.74, 6) is 1.54. The van der Waals surface area contributed by atoms with Crippen molar-refractivity contribution in [3.8, 4) is 0 Å². The summed E-state index contributed by atoms with van der Waals surface area (Å²) in [6, 6.07) is 1.23. The maximum atomic E-state index is 13.0. The van der Waals surface area contributed by atoms with Crippen LogP contribution in [-0.2, 0) is 17.1 Å². The summed E-state index contributed by atoms with van der Waals surface area (Å²) in [5, 5.41) is 11.3. The summed E-state index contributed by atoms with van der Waals surface area (Å²) >= 11 is 0. The fourth-order valence-electron chi connectivity index (χ4n) is 2.90. The van der Waals surface area contributed by atoms with Gasteiger partial charge in [-0.1, -0.05) is 20.3 Å². The molecule has 0 aliphatic carbocycles. The van der Waals surface area contributed by atoms with Crippen molar-refractivity contribution in [1.82, 2.24) is 29.3 Å². The molecule has 9 heteroatoms. The van der Waals surface area contributed by atoms with Gasteiger partial charge in [0.1, 0.15) is 5.82 Å². The van der Waals surface area contributed by atoms with Gasteiger partial charge in [0.05, 0.1) is 12.2 Å². The topological polar surface area (TPSA) is 96.8 Å². The van der Waals surface area contributed by atoms with E-state index in [2.05, 4.69) is 20.3 Å². The molecule has 126 valence electrons. The molecule has 1 unspecified atom stereocenters. The van der Waals surface area contributed by atoms with Gasteiger partial charge in [-0.05, 0) is 18.9 Å². The largest absolute Gasteiger partial charge is 0.262 e. The van der Waals surface area contributed by atoms with Gasteiger partial charge in [-0.25, -0.2) is 13.4 Å². The van der Waals surface area contributed by atoms with E-state index < -0.39 is 10.0 Å². The number of aromatic nitrogens is 5. The fourth-order valence-corrected chi connectivity index (χ4v) is 4.66. The number of piperidine rings is 1. The van der Waals surface area contributed by atoms with Gasteiger partial charge in [0.15, 0.2) is 10.9 Å². The number of rotatable bonds is 4. The van der Waals surface area contributed by atoms with Crippen molar-refractivity contribution in [2.24, 2.45) is 7.05 Å². The first-order valence-electron chi connectivity index (χ1n) is 7.83. The highest BCUT2D eigenvalue weighted by Crippen LogP contribution is 2.34. The van der Waals surface area contributed by atoms with Gasteiger partial charge in [0.2, 0.25) is 0 Å². The van der Waals surface area contributed by atoms with Crippen LogP contribution in [0.3, 0.4) is 0 Å². The molecule has 23 heavy (non-hydrogen) atoms. The molecular formula is C14H22N6O2S. The number of sulfonamides is 1. The van der Waals surface area contributed by atoms with E-state index in [0.29, 0.717) is 18.2 Å². The molecule has 1 N–H and O–H groups in total. The van der Waals surface area contributed by atoms with Crippen LogP contribution in [0, 0.1) is 0 Å². The number of hydrogen-bond donors (Lipinski definition) is 1. The maximum absolute atomic E-state index is 13.0. The molecule has 1 aliphatic rings. The molecule has 3 heterocycles. The molecule has 0 amide bonds. The van der Waals surface area contributed by atoms with Crippen molar-refractivity contribution >= 4 is 10.0 Å². The zero-order valence-corrected chi connectivity index (χ0v) is 14.4. The molecule has 2 aromatic heterocycles. The van der Waals surface area contributed by atoms with Crippen LogP contribution in [0.1, 0.15) is 56.7 Å². The second-order valence-electron chi connectivity index (χ2n) is 6.15. The number of nitrogens with one attached hydrogen (secondary N) is 1. The first-order chi connectivity index (χ1) is 10.9. The quantitative estimate of drug-likeness (QED) is 0.913. The summed E-state index contributed by atoms with van der Waals surface area (Å²) < 4.78 is 28.9. The smallest absolute Gasteiger partial charge is 0.260 e. The summed E-state index contributed by atoms with van der Waals surface area (Å²) in [7, 11) is -1.98. The molecule has 0 aromatic carbocycles. The van der Waals surface area contributed by atoms with E-state index in [-0.39, 0.29) is 17.0 Å². The number of aryl methyl sites for hydroxylation is 1. The Morgan fingerprint density at radius 2 is 2.13 bits per heavy atom.